The topological polar surface area (TPSA) is 106 Å². The molecule has 0 aliphatic carbocycles. The van der Waals surface area contributed by atoms with E-state index >= 15 is 0 Å². The number of hydrazone groups is 1. The highest BCUT2D eigenvalue weighted by Crippen LogP contribution is 2.33. The molecule has 2 aromatic rings. The van der Waals surface area contributed by atoms with E-state index in [2.05, 4.69) is 37.8 Å². The van der Waals surface area contributed by atoms with Crippen LogP contribution in [0, 0.1) is 16.4 Å². The average molecular weight is 602 g/mol. The summed E-state index contributed by atoms with van der Waals surface area (Å²) in [6.45, 7) is 10.5. The second-order valence-corrected chi connectivity index (χ2v) is 10.9. The molecule has 0 aliphatic heterocycles. The lowest BCUT2D eigenvalue weighted by Gasteiger charge is -2.19. The van der Waals surface area contributed by atoms with Crippen LogP contribution in [0.1, 0.15) is 45.2 Å². The highest BCUT2D eigenvalue weighted by Gasteiger charge is 2.26. The summed E-state index contributed by atoms with van der Waals surface area (Å²) in [5, 5.41) is 4.04. The molecule has 0 radical (unpaired) electrons. The number of aryl methyl sites for hydroxylation is 1. The zero-order chi connectivity index (χ0) is 25.3. The van der Waals surface area contributed by atoms with E-state index in [0.29, 0.717) is 36.7 Å². The average Bonchev–Trinajstić information content (AvgIpc) is 2.75. The molecule has 0 spiro atoms. The summed E-state index contributed by atoms with van der Waals surface area (Å²) < 4.78 is 40.3. The number of amides is 1. The summed E-state index contributed by atoms with van der Waals surface area (Å²) in [5.74, 6) is 0.800. The smallest absolute Gasteiger partial charge is 0.258 e. The van der Waals surface area contributed by atoms with Crippen LogP contribution in [0.4, 0.5) is 0 Å². The van der Waals surface area contributed by atoms with Gasteiger partial charge in [-0.1, -0.05) is 31.5 Å². The minimum Gasteiger partial charge on any atom is -0.490 e. The summed E-state index contributed by atoms with van der Waals surface area (Å²) in [7, 11) is -3.87. The van der Waals surface area contributed by atoms with E-state index in [1.54, 1.807) is 18.2 Å². The van der Waals surface area contributed by atoms with Gasteiger partial charge in [0.15, 0.2) is 11.5 Å². The number of sulfonamides is 1. The zero-order valence-corrected chi connectivity index (χ0v) is 23.1. The van der Waals surface area contributed by atoms with Gasteiger partial charge in [0.2, 0.25) is 10.0 Å². The molecule has 0 fully saturated rings. The summed E-state index contributed by atoms with van der Waals surface area (Å²) in [6, 6.07) is 9.12. The lowest BCUT2D eigenvalue weighted by atomic mass is 10.0. The van der Waals surface area contributed by atoms with Crippen molar-refractivity contribution in [2.45, 2.75) is 52.0 Å². The van der Waals surface area contributed by atoms with Crippen molar-refractivity contribution in [3.63, 3.8) is 0 Å². The Labute approximate surface area is 215 Å². The number of ether oxygens (including phenoxy) is 2. The fraction of sp³-hybridized carbons (Fsp3) is 0.417. The Bertz CT molecular complexity index is 1100. The maximum absolute atomic E-state index is 12.8. The first-order chi connectivity index (χ1) is 16.1. The zero-order valence-electron chi connectivity index (χ0n) is 20.1. The SMILES string of the molecule is CCOc1cc(/C=N\NC(=O)[C@H](CC(C)C)NS(=O)(=O)c2ccc(C)cc2)cc(I)c1OCC. The van der Waals surface area contributed by atoms with E-state index in [0.717, 1.165) is 9.13 Å². The Balaban J connectivity index is 2.17. The van der Waals surface area contributed by atoms with E-state index < -0.39 is 22.0 Å². The molecule has 0 heterocycles. The van der Waals surface area contributed by atoms with Crippen molar-refractivity contribution in [2.24, 2.45) is 11.0 Å². The second kappa shape index (κ2) is 13.1. The van der Waals surface area contributed by atoms with Crippen LogP contribution in [-0.2, 0) is 14.8 Å². The quantitative estimate of drug-likeness (QED) is 0.215. The Morgan fingerprint density at radius 2 is 1.76 bits per heavy atom. The molecule has 2 rings (SSSR count). The molecular formula is C24H32IN3O5S. The van der Waals surface area contributed by atoms with Crippen LogP contribution in [0.5, 0.6) is 11.5 Å². The molecule has 0 aromatic heterocycles. The van der Waals surface area contributed by atoms with Gasteiger partial charge in [0.1, 0.15) is 6.04 Å². The van der Waals surface area contributed by atoms with Gasteiger partial charge in [-0.15, -0.1) is 0 Å². The fourth-order valence-corrected chi connectivity index (χ4v) is 5.10. The van der Waals surface area contributed by atoms with Crippen LogP contribution >= 0.6 is 22.6 Å². The molecule has 10 heteroatoms. The monoisotopic (exact) mass is 601 g/mol. The van der Waals surface area contributed by atoms with Crippen LogP contribution < -0.4 is 19.6 Å². The number of nitrogens with zero attached hydrogens (tertiary/aromatic N) is 1. The standard InChI is InChI=1S/C24H32IN3O5S/c1-6-32-22-14-18(13-20(25)23(22)33-7-2)15-26-27-24(29)21(12-16(3)4)28-34(30,31)19-10-8-17(5)9-11-19/h8-11,13-16,21,28H,6-7,12H2,1-5H3,(H,27,29)/b26-15-/t21-/m0/s1. The Morgan fingerprint density at radius 3 is 2.35 bits per heavy atom. The van der Waals surface area contributed by atoms with Gasteiger partial charge in [-0.3, -0.25) is 4.79 Å². The predicted octanol–water partition coefficient (Wildman–Crippen LogP) is 4.24. The fourth-order valence-electron chi connectivity index (χ4n) is 3.11. The van der Waals surface area contributed by atoms with Gasteiger partial charge in [-0.25, -0.2) is 13.8 Å². The summed E-state index contributed by atoms with van der Waals surface area (Å²) in [5.41, 5.74) is 4.11. The number of halogens is 1. The summed E-state index contributed by atoms with van der Waals surface area (Å²) >= 11 is 2.16. The van der Waals surface area contributed by atoms with Gasteiger partial charge >= 0.3 is 0 Å². The highest BCUT2D eigenvalue weighted by atomic mass is 127. The van der Waals surface area contributed by atoms with E-state index in [4.69, 9.17) is 9.47 Å². The minimum atomic E-state index is -3.87. The lowest BCUT2D eigenvalue weighted by Crippen LogP contribution is -2.46. The van der Waals surface area contributed by atoms with Crippen molar-refractivity contribution in [2.75, 3.05) is 13.2 Å². The second-order valence-electron chi connectivity index (χ2n) is 8.05. The third-order valence-electron chi connectivity index (χ3n) is 4.66. The van der Waals surface area contributed by atoms with E-state index in [9.17, 15) is 13.2 Å². The number of rotatable bonds is 12. The molecule has 0 aliphatic rings. The number of hydrogen-bond donors (Lipinski definition) is 2. The Morgan fingerprint density at radius 1 is 1.12 bits per heavy atom. The van der Waals surface area contributed by atoms with Gasteiger partial charge in [-0.2, -0.15) is 9.82 Å². The van der Waals surface area contributed by atoms with Crippen molar-refractivity contribution >= 4 is 44.7 Å². The lowest BCUT2D eigenvalue weighted by molar-refractivity contribution is -0.123. The van der Waals surface area contributed by atoms with Crippen LogP contribution in [0.15, 0.2) is 46.4 Å². The first kappa shape index (κ1) is 28.1. The molecule has 0 unspecified atom stereocenters. The van der Waals surface area contributed by atoms with Crippen molar-refractivity contribution in [1.82, 2.24) is 10.1 Å². The van der Waals surface area contributed by atoms with Crippen LogP contribution in [-0.4, -0.2) is 39.8 Å². The van der Waals surface area contributed by atoms with Crippen LogP contribution in [0.3, 0.4) is 0 Å². The van der Waals surface area contributed by atoms with Crippen LogP contribution in [0.2, 0.25) is 0 Å². The number of hydrogen-bond acceptors (Lipinski definition) is 6. The van der Waals surface area contributed by atoms with Crippen LogP contribution in [0.25, 0.3) is 0 Å². The Hall–Kier alpha value is -2.18. The molecule has 186 valence electrons. The van der Waals surface area contributed by atoms with Crippen molar-refractivity contribution in [1.29, 1.82) is 0 Å². The number of benzene rings is 2. The summed E-state index contributed by atoms with van der Waals surface area (Å²) in [6.07, 6.45) is 1.81. The van der Waals surface area contributed by atoms with Gasteiger partial charge in [0.05, 0.1) is 27.9 Å². The number of nitrogens with one attached hydrogen (secondary N) is 2. The normalized spacial score (nSPS) is 12.7. The first-order valence-electron chi connectivity index (χ1n) is 11.1. The Kier molecular flexibility index (Phi) is 10.8. The van der Waals surface area contributed by atoms with Gasteiger partial charge in [0.25, 0.3) is 5.91 Å². The summed E-state index contributed by atoms with van der Waals surface area (Å²) in [4.78, 5) is 12.9. The van der Waals surface area contributed by atoms with Crippen molar-refractivity contribution < 1.29 is 22.7 Å². The maximum atomic E-state index is 12.8. The van der Waals surface area contributed by atoms with Gasteiger partial charge in [0, 0.05) is 0 Å². The molecule has 0 saturated carbocycles. The largest absolute Gasteiger partial charge is 0.490 e. The number of carbonyl (C=O) groups excluding carboxylic acids is 1. The molecule has 8 nitrogen and oxygen atoms in total. The van der Waals surface area contributed by atoms with Crippen molar-refractivity contribution in [3.05, 3.63) is 51.1 Å². The molecule has 2 N–H and O–H groups in total. The predicted molar refractivity (Wildman–Crippen MR) is 142 cm³/mol. The van der Waals surface area contributed by atoms with E-state index in [1.165, 1.54) is 18.3 Å². The minimum absolute atomic E-state index is 0.0851. The van der Waals surface area contributed by atoms with E-state index in [1.807, 2.05) is 40.7 Å². The molecule has 34 heavy (non-hydrogen) atoms. The number of carbonyl (C=O) groups is 1. The molecule has 1 amide bonds. The van der Waals surface area contributed by atoms with Crippen molar-refractivity contribution in [3.8, 4) is 11.5 Å². The highest BCUT2D eigenvalue weighted by molar-refractivity contribution is 14.1. The molecule has 2 aromatic carbocycles. The third-order valence-corrected chi connectivity index (χ3v) is 6.95. The first-order valence-corrected chi connectivity index (χ1v) is 13.6. The molecule has 0 bridgehead atoms. The molecular weight excluding hydrogens is 569 g/mol. The maximum Gasteiger partial charge on any atom is 0.258 e. The van der Waals surface area contributed by atoms with Gasteiger partial charge < -0.3 is 9.47 Å². The molecule has 0 saturated heterocycles. The third kappa shape index (κ3) is 8.24. The van der Waals surface area contributed by atoms with E-state index in [-0.39, 0.29) is 10.8 Å². The van der Waals surface area contributed by atoms with Gasteiger partial charge in [-0.05, 0) is 85.5 Å². The molecule has 1 atom stereocenters.